The molecule has 0 bridgehead atoms. The molecule has 64 heavy (non-hydrogen) atoms. The molecule has 3 fully saturated rings. The fraction of sp³-hybridized carbons (Fsp3) is 0.762. The largest absolute Gasteiger partial charge is 0.481 e. The lowest BCUT2D eigenvalue weighted by Gasteiger charge is -2.33. The number of amides is 8. The van der Waals surface area contributed by atoms with Crippen LogP contribution >= 0.6 is 0 Å². The highest BCUT2D eigenvalue weighted by Gasteiger charge is 2.46. The van der Waals surface area contributed by atoms with Crippen LogP contribution in [-0.4, -0.2) is 156 Å². The van der Waals surface area contributed by atoms with Crippen LogP contribution in [0.4, 0.5) is 0 Å². The third-order valence-corrected chi connectivity index (χ3v) is 11.3. The third-order valence-electron chi connectivity index (χ3n) is 11.3. The molecule has 0 radical (unpaired) electrons. The lowest BCUT2D eigenvalue weighted by Crippen LogP contribution is -2.59. The van der Waals surface area contributed by atoms with Gasteiger partial charge in [0.15, 0.2) is 5.96 Å². The Morgan fingerprint density at radius 1 is 0.734 bits per heavy atom. The molecule has 3 aliphatic rings. The van der Waals surface area contributed by atoms with E-state index in [1.807, 2.05) is 27.7 Å². The summed E-state index contributed by atoms with van der Waals surface area (Å²) in [6.45, 7) is 9.25. The number of unbranched alkanes of at least 4 members (excludes halogenated alkanes) is 3. The van der Waals surface area contributed by atoms with Crippen molar-refractivity contribution < 1.29 is 48.3 Å². The van der Waals surface area contributed by atoms with E-state index in [2.05, 4.69) is 49.1 Å². The van der Waals surface area contributed by atoms with E-state index in [1.165, 1.54) is 9.80 Å². The van der Waals surface area contributed by atoms with Crippen LogP contribution in [0.25, 0.3) is 0 Å². The van der Waals surface area contributed by atoms with Gasteiger partial charge in [0, 0.05) is 25.7 Å². The van der Waals surface area contributed by atoms with E-state index in [1.54, 1.807) is 0 Å². The second kappa shape index (κ2) is 26.3. The smallest absolute Gasteiger partial charge is 0.305 e. The van der Waals surface area contributed by atoms with Gasteiger partial charge < -0.3 is 63.6 Å². The van der Waals surface area contributed by atoms with Crippen LogP contribution in [-0.2, 0) is 43.2 Å². The molecule has 12 N–H and O–H groups in total. The van der Waals surface area contributed by atoms with Crippen molar-refractivity contribution in [2.24, 2.45) is 28.3 Å². The number of nitrogens with two attached hydrogens (primary N) is 2. The number of carboxylic acid groups (broad SMARTS) is 1. The maximum absolute atomic E-state index is 14.5. The lowest BCUT2D eigenvalue weighted by molar-refractivity contribution is -0.148. The second-order valence-electron chi connectivity index (χ2n) is 17.7. The lowest BCUT2D eigenvalue weighted by atomic mass is 10.0. The Kier molecular flexibility index (Phi) is 21.7. The summed E-state index contributed by atoms with van der Waals surface area (Å²) < 4.78 is 0. The fourth-order valence-corrected chi connectivity index (χ4v) is 8.18. The standard InChI is InChI=1S/C42H72N12O10/c1-6-7-8-9-14-45-26-19-32-39(62)48-22-34(56)49-28(17-24(2)3)37(60)51-27(12-10-15-46-42(43)44)36(59)47-21-33(55)50-29(20-35(57)58)38(61)52-30(18-25(4)5)40(63)53-16-11-13-31(53)41(64)54(32)23-26/h24-32,45H,6-23H2,1-5H3,(H,47,59)(H,48,62)(H,49,56)(H,50,55)(H,51,60)(H,52,61)(H,57,58)(H4,43,44,46)/t26?,27-,28-,29-,30-,31+,32-/m0/s1. The summed E-state index contributed by atoms with van der Waals surface area (Å²) in [6, 6.07) is -7.54. The first kappa shape index (κ1) is 52.8. The molecule has 0 aromatic carbocycles. The minimum atomic E-state index is -1.67. The molecule has 3 rings (SSSR count). The molecule has 0 aliphatic carbocycles. The minimum absolute atomic E-state index is 0.00718. The van der Waals surface area contributed by atoms with Crippen LogP contribution in [0.5, 0.6) is 0 Å². The molecule has 360 valence electrons. The van der Waals surface area contributed by atoms with Crippen LogP contribution in [0.15, 0.2) is 4.99 Å². The summed E-state index contributed by atoms with van der Waals surface area (Å²) in [5, 5.41) is 28.4. The summed E-state index contributed by atoms with van der Waals surface area (Å²) in [5.41, 5.74) is 10.9. The first-order chi connectivity index (χ1) is 30.3. The summed E-state index contributed by atoms with van der Waals surface area (Å²) in [5.74, 6) is -7.65. The van der Waals surface area contributed by atoms with E-state index in [-0.39, 0.29) is 82.0 Å². The molecule has 0 aromatic heterocycles. The maximum atomic E-state index is 14.5. The van der Waals surface area contributed by atoms with Gasteiger partial charge in [-0.15, -0.1) is 0 Å². The number of carbonyl (C=O) groups is 9. The van der Waals surface area contributed by atoms with Gasteiger partial charge in [0.25, 0.3) is 0 Å². The zero-order valence-electron chi connectivity index (χ0n) is 38.0. The van der Waals surface area contributed by atoms with Gasteiger partial charge >= 0.3 is 5.97 Å². The Balaban J connectivity index is 2.03. The van der Waals surface area contributed by atoms with Crippen molar-refractivity contribution in [3.63, 3.8) is 0 Å². The molecule has 7 atom stereocenters. The number of aliphatic imine (C=N–C) groups is 1. The summed E-state index contributed by atoms with van der Waals surface area (Å²) >= 11 is 0. The van der Waals surface area contributed by atoms with Gasteiger partial charge in [-0.25, -0.2) is 0 Å². The number of guanidine groups is 1. The third kappa shape index (κ3) is 17.2. The van der Waals surface area contributed by atoms with E-state index in [4.69, 9.17) is 11.5 Å². The topological polar surface area (TPSA) is 329 Å². The maximum Gasteiger partial charge on any atom is 0.305 e. The van der Waals surface area contributed by atoms with Crippen molar-refractivity contribution in [1.29, 1.82) is 0 Å². The molecule has 3 aliphatic heterocycles. The molecular formula is C42H72N12O10. The van der Waals surface area contributed by atoms with Crippen LogP contribution in [0.1, 0.15) is 112 Å². The monoisotopic (exact) mass is 905 g/mol. The van der Waals surface area contributed by atoms with Crippen molar-refractivity contribution in [1.82, 2.24) is 47.0 Å². The van der Waals surface area contributed by atoms with Crippen molar-refractivity contribution >= 4 is 59.2 Å². The number of carboxylic acids is 1. The number of carbonyl (C=O) groups excluding carboxylic acids is 8. The Morgan fingerprint density at radius 3 is 1.97 bits per heavy atom. The molecule has 0 saturated carbocycles. The van der Waals surface area contributed by atoms with Crippen LogP contribution in [0.3, 0.4) is 0 Å². The predicted octanol–water partition coefficient (Wildman–Crippen LogP) is -2.08. The van der Waals surface area contributed by atoms with Crippen molar-refractivity contribution in [3.05, 3.63) is 0 Å². The van der Waals surface area contributed by atoms with Crippen LogP contribution in [0.2, 0.25) is 0 Å². The predicted molar refractivity (Wildman–Crippen MR) is 236 cm³/mol. The van der Waals surface area contributed by atoms with Crippen molar-refractivity contribution in [2.75, 3.05) is 39.3 Å². The number of hydrogen-bond acceptors (Lipinski definition) is 11. The summed E-state index contributed by atoms with van der Waals surface area (Å²) in [7, 11) is 0. The molecule has 1 unspecified atom stereocenters. The number of rotatable bonds is 16. The average molecular weight is 905 g/mol. The van der Waals surface area contributed by atoms with Gasteiger partial charge in [-0.2, -0.15) is 0 Å². The Morgan fingerprint density at radius 2 is 1.34 bits per heavy atom. The van der Waals surface area contributed by atoms with Gasteiger partial charge in [-0.3, -0.25) is 48.1 Å². The van der Waals surface area contributed by atoms with Gasteiger partial charge in [0.1, 0.15) is 36.3 Å². The Bertz CT molecular complexity index is 1690. The molecule has 22 heteroatoms. The van der Waals surface area contributed by atoms with E-state index < -0.39 is 109 Å². The fourth-order valence-electron chi connectivity index (χ4n) is 8.18. The Labute approximate surface area is 375 Å². The second-order valence-corrected chi connectivity index (χ2v) is 17.7. The first-order valence-electron chi connectivity index (χ1n) is 22.7. The zero-order chi connectivity index (χ0) is 47.5. The number of aliphatic carboxylic acids is 1. The van der Waals surface area contributed by atoms with Gasteiger partial charge in [0.05, 0.1) is 19.5 Å². The minimum Gasteiger partial charge on any atom is -0.481 e. The van der Waals surface area contributed by atoms with E-state index in [9.17, 15) is 48.3 Å². The average Bonchev–Trinajstić information content (AvgIpc) is 3.89. The number of fused-ring (bicyclic) bond motifs is 2. The molecule has 22 nitrogen and oxygen atoms in total. The normalized spacial score (nSPS) is 26.0. The molecule has 3 heterocycles. The number of nitrogens with one attached hydrogen (secondary N) is 7. The van der Waals surface area contributed by atoms with Gasteiger partial charge in [0.2, 0.25) is 47.3 Å². The van der Waals surface area contributed by atoms with Gasteiger partial charge in [-0.1, -0.05) is 53.9 Å². The molecule has 3 saturated heterocycles. The summed E-state index contributed by atoms with van der Waals surface area (Å²) in [6.07, 6.45) is 4.62. The van der Waals surface area contributed by atoms with E-state index in [0.717, 1.165) is 25.7 Å². The van der Waals surface area contributed by atoms with Crippen LogP contribution in [0, 0.1) is 11.8 Å². The van der Waals surface area contributed by atoms with Crippen LogP contribution < -0.4 is 48.7 Å². The highest BCUT2D eigenvalue weighted by molar-refractivity contribution is 5.99. The highest BCUT2D eigenvalue weighted by atomic mass is 16.4. The van der Waals surface area contributed by atoms with Gasteiger partial charge in [-0.05, 0) is 69.7 Å². The quantitative estimate of drug-likeness (QED) is 0.0453. The van der Waals surface area contributed by atoms with Crippen molar-refractivity contribution in [2.45, 2.75) is 154 Å². The van der Waals surface area contributed by atoms with Crippen molar-refractivity contribution in [3.8, 4) is 0 Å². The van der Waals surface area contributed by atoms with E-state index >= 15 is 0 Å². The molecule has 0 aromatic rings. The Hall–Kier alpha value is -5.54. The SMILES string of the molecule is CCCCCCNC1C[C@H]2C(=O)NCC(=O)N[C@@H](CC(C)C)C(=O)N[C@@H](CCCN=C(N)N)C(=O)NCC(=O)N[C@@H](CC(=O)O)C(=O)N[C@@H](CC(C)C)C(=O)N3CCC[C@@H]3C(=O)N2C1. The highest BCUT2D eigenvalue weighted by Crippen LogP contribution is 2.27. The number of nitrogens with zero attached hydrogens (tertiary/aromatic N) is 3. The molecule has 0 spiro atoms. The number of hydrogen-bond donors (Lipinski definition) is 10. The molecule has 8 amide bonds. The first-order valence-corrected chi connectivity index (χ1v) is 22.7. The van der Waals surface area contributed by atoms with E-state index in [0.29, 0.717) is 13.0 Å². The zero-order valence-corrected chi connectivity index (χ0v) is 38.0. The molecular weight excluding hydrogens is 833 g/mol. The summed E-state index contributed by atoms with van der Waals surface area (Å²) in [4.78, 5) is 129.